The van der Waals surface area contributed by atoms with E-state index in [9.17, 15) is 21.6 Å². The predicted molar refractivity (Wildman–Crippen MR) is 85.0 cm³/mol. The highest BCUT2D eigenvalue weighted by molar-refractivity contribution is 7.99. The minimum atomic E-state index is -5.41. The van der Waals surface area contributed by atoms with Gasteiger partial charge in [0.05, 0.1) is 5.69 Å². The van der Waals surface area contributed by atoms with Crippen LogP contribution in [0.15, 0.2) is 58.3 Å². The Bertz CT molecular complexity index is 775. The van der Waals surface area contributed by atoms with Crippen molar-refractivity contribution in [2.24, 2.45) is 0 Å². The minimum absolute atomic E-state index is 0.0535. The van der Waals surface area contributed by atoms with E-state index in [0.29, 0.717) is 12.0 Å². The Labute approximate surface area is 137 Å². The molecule has 2 aromatic carbocycles. The van der Waals surface area contributed by atoms with E-state index in [-0.39, 0.29) is 5.69 Å². The van der Waals surface area contributed by atoms with E-state index in [0.717, 1.165) is 9.79 Å². The van der Waals surface area contributed by atoms with Gasteiger partial charge < -0.3 is 0 Å². The first-order valence-corrected chi connectivity index (χ1v) is 8.98. The fourth-order valence-corrected chi connectivity index (χ4v) is 3.36. The molecule has 8 heteroatoms. The van der Waals surface area contributed by atoms with Crippen molar-refractivity contribution < 1.29 is 21.6 Å². The molecule has 0 saturated heterocycles. The fraction of sp³-hybridized carbons (Fsp3) is 0.200. The molecule has 2 aromatic rings. The Morgan fingerprint density at radius 3 is 2.26 bits per heavy atom. The van der Waals surface area contributed by atoms with Crippen molar-refractivity contribution in [3.05, 3.63) is 54.1 Å². The van der Waals surface area contributed by atoms with E-state index in [1.807, 2.05) is 30.3 Å². The van der Waals surface area contributed by atoms with Crippen LogP contribution in [0.2, 0.25) is 0 Å². The third-order valence-electron chi connectivity index (χ3n) is 2.99. The van der Waals surface area contributed by atoms with Gasteiger partial charge in [-0.05, 0) is 42.3 Å². The van der Waals surface area contributed by atoms with Crippen molar-refractivity contribution in [1.82, 2.24) is 0 Å². The third kappa shape index (κ3) is 4.42. The van der Waals surface area contributed by atoms with Crippen LogP contribution in [-0.2, 0) is 16.4 Å². The summed E-state index contributed by atoms with van der Waals surface area (Å²) < 4.78 is 61.5. The number of aryl methyl sites for hydroxylation is 1. The van der Waals surface area contributed by atoms with E-state index in [4.69, 9.17) is 0 Å². The maximum atomic E-state index is 12.5. The van der Waals surface area contributed by atoms with E-state index in [1.54, 1.807) is 23.8 Å². The van der Waals surface area contributed by atoms with Gasteiger partial charge in [-0.2, -0.15) is 21.6 Å². The number of alkyl halides is 3. The zero-order valence-electron chi connectivity index (χ0n) is 12.1. The van der Waals surface area contributed by atoms with Crippen LogP contribution >= 0.6 is 11.8 Å². The molecule has 1 N–H and O–H groups in total. The molecule has 3 nitrogen and oxygen atoms in total. The number of nitrogens with one attached hydrogen (secondary N) is 1. The summed E-state index contributed by atoms with van der Waals surface area (Å²) in [5.74, 6) is 0. The molecule has 0 aliphatic carbocycles. The second kappa shape index (κ2) is 6.84. The first kappa shape index (κ1) is 17.7. The maximum Gasteiger partial charge on any atom is 0.516 e. The van der Waals surface area contributed by atoms with Crippen molar-refractivity contribution >= 4 is 27.5 Å². The quantitative estimate of drug-likeness (QED) is 0.842. The van der Waals surface area contributed by atoms with Gasteiger partial charge >= 0.3 is 15.5 Å². The monoisotopic (exact) mass is 361 g/mol. The molecule has 0 saturated carbocycles. The highest BCUT2D eigenvalue weighted by atomic mass is 32.2. The second-order valence-corrected chi connectivity index (χ2v) is 7.46. The Morgan fingerprint density at radius 1 is 1.04 bits per heavy atom. The van der Waals surface area contributed by atoms with Gasteiger partial charge in [0.15, 0.2) is 0 Å². The number of benzene rings is 2. The largest absolute Gasteiger partial charge is 0.516 e. The lowest BCUT2D eigenvalue weighted by Gasteiger charge is -2.14. The van der Waals surface area contributed by atoms with Crippen LogP contribution in [0.3, 0.4) is 0 Å². The van der Waals surface area contributed by atoms with E-state index in [1.165, 1.54) is 17.8 Å². The molecule has 23 heavy (non-hydrogen) atoms. The van der Waals surface area contributed by atoms with Crippen molar-refractivity contribution in [3.8, 4) is 0 Å². The van der Waals surface area contributed by atoms with Crippen molar-refractivity contribution in [2.75, 3.05) is 4.72 Å². The highest BCUT2D eigenvalue weighted by Gasteiger charge is 2.46. The van der Waals surface area contributed by atoms with Gasteiger partial charge in [0.1, 0.15) is 0 Å². The number of anilines is 1. The summed E-state index contributed by atoms with van der Waals surface area (Å²) in [6, 6.07) is 14.1. The van der Waals surface area contributed by atoms with E-state index in [2.05, 4.69) is 0 Å². The molecule has 0 heterocycles. The number of hydrogen-bond donors (Lipinski definition) is 1. The molecule has 2 rings (SSSR count). The summed E-state index contributed by atoms with van der Waals surface area (Å²) >= 11 is 1.45. The molecule has 0 aliphatic rings. The Morgan fingerprint density at radius 2 is 1.70 bits per heavy atom. The third-order valence-corrected chi connectivity index (χ3v) is 5.08. The van der Waals surface area contributed by atoms with Gasteiger partial charge in [0.25, 0.3) is 0 Å². The Kier molecular flexibility index (Phi) is 5.26. The summed E-state index contributed by atoms with van der Waals surface area (Å²) in [6.07, 6.45) is 0.402. The molecule has 0 aliphatic heterocycles. The lowest BCUT2D eigenvalue weighted by molar-refractivity contribution is -0.0429. The highest BCUT2D eigenvalue weighted by Crippen LogP contribution is 2.32. The van der Waals surface area contributed by atoms with E-state index < -0.39 is 15.5 Å². The van der Waals surface area contributed by atoms with Crippen molar-refractivity contribution in [1.29, 1.82) is 0 Å². The summed E-state index contributed by atoms with van der Waals surface area (Å²) in [5, 5.41) is 0. The van der Waals surface area contributed by atoms with Crippen molar-refractivity contribution in [2.45, 2.75) is 28.6 Å². The van der Waals surface area contributed by atoms with Gasteiger partial charge in [-0.15, -0.1) is 0 Å². The molecular weight excluding hydrogens is 347 g/mol. The fourth-order valence-electron chi connectivity index (χ4n) is 1.85. The second-order valence-electron chi connectivity index (χ2n) is 4.64. The summed E-state index contributed by atoms with van der Waals surface area (Å²) in [5.41, 5.74) is -4.89. The van der Waals surface area contributed by atoms with Crippen LogP contribution in [-0.4, -0.2) is 13.9 Å². The molecule has 124 valence electrons. The zero-order chi connectivity index (χ0) is 17.1. The molecule has 0 unspecified atom stereocenters. The molecule has 0 spiro atoms. The first-order valence-electron chi connectivity index (χ1n) is 6.68. The normalized spacial score (nSPS) is 12.2. The van der Waals surface area contributed by atoms with Crippen LogP contribution in [0.4, 0.5) is 18.9 Å². The summed E-state index contributed by atoms with van der Waals surface area (Å²) in [6.45, 7) is 1.75. The minimum Gasteiger partial charge on any atom is -0.276 e. The number of hydrogen-bond acceptors (Lipinski definition) is 3. The molecule has 0 radical (unpaired) electrons. The van der Waals surface area contributed by atoms with Crippen LogP contribution < -0.4 is 4.72 Å². The van der Waals surface area contributed by atoms with Crippen LogP contribution in [0, 0.1) is 0 Å². The lowest BCUT2D eigenvalue weighted by atomic mass is 10.1. The standard InChI is InChI=1S/C15H14F3NO2S2/c1-2-11-10-13(22-12-6-4-3-5-7-12)8-9-14(11)19-23(20,21)15(16,17)18/h3-10,19H,2H2,1H3. The average molecular weight is 361 g/mol. The topological polar surface area (TPSA) is 46.2 Å². The SMILES string of the molecule is CCc1cc(Sc2ccccc2)ccc1NS(=O)(=O)C(F)(F)F. The smallest absolute Gasteiger partial charge is 0.276 e. The molecule has 0 bridgehead atoms. The van der Waals surface area contributed by atoms with Crippen molar-refractivity contribution in [3.63, 3.8) is 0 Å². The summed E-state index contributed by atoms with van der Waals surface area (Å²) in [7, 11) is -5.41. The molecule has 0 atom stereocenters. The zero-order valence-corrected chi connectivity index (χ0v) is 13.7. The number of rotatable bonds is 5. The maximum absolute atomic E-state index is 12.5. The van der Waals surface area contributed by atoms with Crippen LogP contribution in [0.1, 0.15) is 12.5 Å². The Hall–Kier alpha value is -1.67. The molecule has 0 amide bonds. The van der Waals surface area contributed by atoms with Gasteiger partial charge in [-0.25, -0.2) is 0 Å². The molecule has 0 fully saturated rings. The van der Waals surface area contributed by atoms with Gasteiger partial charge in [-0.3, -0.25) is 4.72 Å². The first-order chi connectivity index (χ1) is 10.7. The van der Waals surface area contributed by atoms with Crippen LogP contribution in [0.25, 0.3) is 0 Å². The molecule has 0 aromatic heterocycles. The summed E-state index contributed by atoms with van der Waals surface area (Å²) in [4.78, 5) is 1.81. The number of halogens is 3. The predicted octanol–water partition coefficient (Wildman–Crippen LogP) is 4.66. The van der Waals surface area contributed by atoms with Gasteiger partial charge in [0.2, 0.25) is 0 Å². The van der Waals surface area contributed by atoms with Gasteiger partial charge in [0, 0.05) is 9.79 Å². The Balaban J connectivity index is 2.27. The van der Waals surface area contributed by atoms with E-state index >= 15 is 0 Å². The van der Waals surface area contributed by atoms with Gasteiger partial charge in [-0.1, -0.05) is 36.9 Å². The molecular formula is C15H14F3NO2S2. The average Bonchev–Trinajstić information content (AvgIpc) is 2.48. The number of sulfonamides is 1. The van der Waals surface area contributed by atoms with Crippen LogP contribution in [0.5, 0.6) is 0 Å². The lowest BCUT2D eigenvalue weighted by Crippen LogP contribution is -2.30.